The van der Waals surface area contributed by atoms with Crippen LogP contribution in [0.2, 0.25) is 0 Å². The molecule has 0 radical (unpaired) electrons. The minimum atomic E-state index is -0.349. The van der Waals surface area contributed by atoms with E-state index in [1.54, 1.807) is 13.8 Å². The summed E-state index contributed by atoms with van der Waals surface area (Å²) < 4.78 is 5.01. The molecule has 0 N–H and O–H groups in total. The molecule has 2 nitrogen and oxygen atoms in total. The van der Waals surface area contributed by atoms with Crippen LogP contribution >= 0.6 is 0 Å². The van der Waals surface area contributed by atoms with E-state index in [-0.39, 0.29) is 12.1 Å². The van der Waals surface area contributed by atoms with E-state index in [0.29, 0.717) is 6.42 Å². The zero-order valence-electron chi connectivity index (χ0n) is 8.99. The number of carbonyl (C=O) groups excluding carboxylic acids is 1. The van der Waals surface area contributed by atoms with Crippen LogP contribution < -0.4 is 0 Å². The Kier molecular flexibility index (Phi) is 4.43. The van der Waals surface area contributed by atoms with Crippen LogP contribution in [0.25, 0.3) is 0 Å². The molecule has 0 saturated heterocycles. The summed E-state index contributed by atoms with van der Waals surface area (Å²) in [4.78, 5) is 10.9. The highest BCUT2D eigenvalue weighted by Gasteiger charge is 2.02. The van der Waals surface area contributed by atoms with Gasteiger partial charge in [0.2, 0.25) is 0 Å². The lowest BCUT2D eigenvalue weighted by Crippen LogP contribution is -2.11. The van der Waals surface area contributed by atoms with Crippen LogP contribution in [-0.4, -0.2) is 12.1 Å². The maximum absolute atomic E-state index is 10.9. The van der Waals surface area contributed by atoms with E-state index in [0.717, 1.165) is 5.56 Å². The van der Waals surface area contributed by atoms with Crippen LogP contribution in [-0.2, 0) is 9.53 Å². The molecule has 0 fully saturated rings. The van der Waals surface area contributed by atoms with Crippen molar-refractivity contribution in [3.05, 3.63) is 35.9 Å². The summed E-state index contributed by atoms with van der Waals surface area (Å²) in [6.45, 7) is 3.53. The number of hydrogen-bond acceptors (Lipinski definition) is 2. The van der Waals surface area contributed by atoms with Crippen LogP contribution in [0.15, 0.2) is 30.3 Å². The molecular weight excluding hydrogens is 188 g/mol. The summed E-state index contributed by atoms with van der Waals surface area (Å²) in [6, 6.07) is 9.62. The van der Waals surface area contributed by atoms with Gasteiger partial charge in [0.05, 0.1) is 0 Å². The Morgan fingerprint density at radius 1 is 1.40 bits per heavy atom. The molecule has 1 aromatic carbocycles. The highest BCUT2D eigenvalue weighted by atomic mass is 16.5. The fraction of sp³-hybridized carbons (Fsp3) is 0.308. The third-order valence-corrected chi connectivity index (χ3v) is 1.79. The first kappa shape index (κ1) is 11.3. The van der Waals surface area contributed by atoms with E-state index >= 15 is 0 Å². The number of ether oxygens (including phenoxy) is 1. The van der Waals surface area contributed by atoms with Gasteiger partial charge < -0.3 is 4.74 Å². The molecule has 78 valence electrons. The largest absolute Gasteiger partial charge is 0.449 e. The Bertz CT molecular complexity index is 371. The zero-order chi connectivity index (χ0) is 11.1. The maximum atomic E-state index is 10.9. The van der Waals surface area contributed by atoms with Gasteiger partial charge in [0, 0.05) is 12.0 Å². The quantitative estimate of drug-likeness (QED) is 0.543. The number of rotatable bonds is 2. The first-order chi connectivity index (χ1) is 7.22. The third-order valence-electron chi connectivity index (χ3n) is 1.79. The average Bonchev–Trinajstić information content (AvgIpc) is 2.27. The van der Waals surface area contributed by atoms with Crippen molar-refractivity contribution in [1.82, 2.24) is 0 Å². The third kappa shape index (κ3) is 4.33. The molecule has 0 aliphatic rings. The molecular formula is C13H14O2. The second-order valence-corrected chi connectivity index (χ2v) is 3.12. The zero-order valence-corrected chi connectivity index (χ0v) is 8.99. The highest BCUT2D eigenvalue weighted by Crippen LogP contribution is 1.97. The number of esters is 1. The maximum Gasteiger partial charge on any atom is 0.306 e. The highest BCUT2D eigenvalue weighted by molar-refractivity contribution is 5.69. The first-order valence-electron chi connectivity index (χ1n) is 4.98. The number of carbonyl (C=O) groups is 1. The predicted octanol–water partition coefficient (Wildman–Crippen LogP) is 2.38. The number of hydrogen-bond donors (Lipinski definition) is 0. The van der Waals surface area contributed by atoms with Gasteiger partial charge in [0.1, 0.15) is 0 Å². The van der Waals surface area contributed by atoms with Gasteiger partial charge in [-0.3, -0.25) is 4.79 Å². The Balaban J connectivity index is 2.55. The Labute approximate surface area is 90.3 Å². The van der Waals surface area contributed by atoms with Gasteiger partial charge in [-0.25, -0.2) is 0 Å². The van der Waals surface area contributed by atoms with E-state index in [1.165, 1.54) is 0 Å². The average molecular weight is 202 g/mol. The van der Waals surface area contributed by atoms with E-state index < -0.39 is 0 Å². The van der Waals surface area contributed by atoms with Crippen LogP contribution in [0.3, 0.4) is 0 Å². The Morgan fingerprint density at radius 2 is 2.07 bits per heavy atom. The SMILES string of the molecule is CCC(=O)O[C@H](C)C#Cc1ccccc1. The van der Waals surface area contributed by atoms with Crippen molar-refractivity contribution in [2.45, 2.75) is 26.4 Å². The number of benzene rings is 1. The topological polar surface area (TPSA) is 26.3 Å². The van der Waals surface area contributed by atoms with Crippen molar-refractivity contribution in [2.75, 3.05) is 0 Å². The minimum absolute atomic E-state index is 0.218. The summed E-state index contributed by atoms with van der Waals surface area (Å²) in [6.07, 6.45) is 0.0369. The molecule has 2 heteroatoms. The van der Waals surface area contributed by atoms with E-state index in [9.17, 15) is 4.79 Å². The summed E-state index contributed by atoms with van der Waals surface area (Å²) in [7, 11) is 0. The predicted molar refractivity (Wildman–Crippen MR) is 59.2 cm³/mol. The smallest absolute Gasteiger partial charge is 0.306 e. The van der Waals surface area contributed by atoms with Gasteiger partial charge in [0.15, 0.2) is 6.10 Å². The van der Waals surface area contributed by atoms with Crippen molar-refractivity contribution in [3.8, 4) is 11.8 Å². The van der Waals surface area contributed by atoms with Gasteiger partial charge in [0.25, 0.3) is 0 Å². The van der Waals surface area contributed by atoms with Crippen LogP contribution in [0.5, 0.6) is 0 Å². The Morgan fingerprint density at radius 3 is 2.67 bits per heavy atom. The molecule has 1 aromatic rings. The Hall–Kier alpha value is -1.75. The summed E-state index contributed by atoms with van der Waals surface area (Å²) >= 11 is 0. The molecule has 0 unspecified atom stereocenters. The molecule has 0 aliphatic carbocycles. The molecule has 0 spiro atoms. The summed E-state index contributed by atoms with van der Waals surface area (Å²) in [5, 5.41) is 0. The lowest BCUT2D eigenvalue weighted by molar-refractivity contribution is -0.145. The van der Waals surface area contributed by atoms with Crippen LogP contribution in [0.1, 0.15) is 25.8 Å². The monoisotopic (exact) mass is 202 g/mol. The molecule has 1 atom stereocenters. The van der Waals surface area contributed by atoms with Gasteiger partial charge in [-0.2, -0.15) is 0 Å². The van der Waals surface area contributed by atoms with Gasteiger partial charge in [-0.15, -0.1) is 0 Å². The molecule has 0 aliphatic heterocycles. The molecule has 15 heavy (non-hydrogen) atoms. The van der Waals surface area contributed by atoms with E-state index in [2.05, 4.69) is 11.8 Å². The first-order valence-corrected chi connectivity index (χ1v) is 4.98. The van der Waals surface area contributed by atoms with Crippen LogP contribution in [0.4, 0.5) is 0 Å². The lowest BCUT2D eigenvalue weighted by Gasteiger charge is -2.04. The minimum Gasteiger partial charge on any atom is -0.449 e. The van der Waals surface area contributed by atoms with Crippen molar-refractivity contribution in [3.63, 3.8) is 0 Å². The second kappa shape index (κ2) is 5.87. The van der Waals surface area contributed by atoms with E-state index in [1.807, 2.05) is 30.3 Å². The molecule has 0 saturated carbocycles. The fourth-order valence-corrected chi connectivity index (χ4v) is 1.02. The van der Waals surface area contributed by atoms with Crippen molar-refractivity contribution >= 4 is 5.97 Å². The standard InChI is InChI=1S/C13H14O2/c1-3-13(14)15-11(2)9-10-12-7-5-4-6-8-12/h4-8,11H,3H2,1-2H3/t11-/m1/s1. The van der Waals surface area contributed by atoms with Crippen LogP contribution in [0, 0.1) is 11.8 Å². The summed E-state index contributed by atoms with van der Waals surface area (Å²) in [5.41, 5.74) is 0.928. The second-order valence-electron chi connectivity index (χ2n) is 3.12. The molecule has 0 bridgehead atoms. The van der Waals surface area contributed by atoms with Crippen molar-refractivity contribution in [2.24, 2.45) is 0 Å². The van der Waals surface area contributed by atoms with Crippen molar-refractivity contribution in [1.29, 1.82) is 0 Å². The molecule has 0 heterocycles. The molecule has 1 rings (SSSR count). The lowest BCUT2D eigenvalue weighted by atomic mass is 10.2. The molecule has 0 aromatic heterocycles. The summed E-state index contributed by atoms with van der Waals surface area (Å²) in [5.74, 6) is 5.60. The molecule has 0 amide bonds. The normalized spacial score (nSPS) is 11.1. The van der Waals surface area contributed by atoms with E-state index in [4.69, 9.17) is 4.74 Å². The van der Waals surface area contributed by atoms with Crippen molar-refractivity contribution < 1.29 is 9.53 Å². The van der Waals surface area contributed by atoms with Gasteiger partial charge in [-0.05, 0) is 19.1 Å². The van der Waals surface area contributed by atoms with Gasteiger partial charge in [-0.1, -0.05) is 37.0 Å². The van der Waals surface area contributed by atoms with Gasteiger partial charge >= 0.3 is 5.97 Å². The fourth-order valence-electron chi connectivity index (χ4n) is 1.02.